The van der Waals surface area contributed by atoms with Gasteiger partial charge in [0.15, 0.2) is 5.78 Å². The number of pyridine rings is 1. The molecule has 4 rings (SSSR count). The average molecular weight is 356 g/mol. The maximum absolute atomic E-state index is 13.4. The number of nitrogens with zero attached hydrogens (tertiary/aromatic N) is 3. The molecular weight excluding hydrogens is 332 g/mol. The Hall–Kier alpha value is -2.57. The third-order valence-corrected chi connectivity index (χ3v) is 5.46. The Balaban J connectivity index is 1.59. The lowest BCUT2D eigenvalue weighted by molar-refractivity contribution is 0.0168. The molecule has 0 atom stereocenters. The molecule has 1 fully saturated rings. The second-order valence-electron chi connectivity index (χ2n) is 8.15. The van der Waals surface area contributed by atoms with E-state index in [-0.39, 0.29) is 11.9 Å². The van der Waals surface area contributed by atoms with E-state index in [2.05, 4.69) is 14.9 Å². The monoisotopic (exact) mass is 356 g/mol. The Kier molecular flexibility index (Phi) is 3.54. The van der Waals surface area contributed by atoms with Gasteiger partial charge in [-0.15, -0.1) is 0 Å². The van der Waals surface area contributed by atoms with Crippen LogP contribution in [0.15, 0.2) is 18.5 Å². The van der Waals surface area contributed by atoms with Crippen LogP contribution >= 0.6 is 0 Å². The molecule has 2 aromatic rings. The van der Waals surface area contributed by atoms with E-state index in [1.807, 2.05) is 33.9 Å². The lowest BCUT2D eigenvalue weighted by Gasteiger charge is -2.43. The molecule has 0 aliphatic carbocycles. The number of Topliss-reactive ketones (excluding diaryl/α,β-unsaturated/α-hetero) is 1. The van der Waals surface area contributed by atoms with Crippen LogP contribution in [0.3, 0.4) is 0 Å². The van der Waals surface area contributed by atoms with E-state index in [1.165, 1.54) is 0 Å². The van der Waals surface area contributed by atoms with Crippen molar-refractivity contribution in [2.75, 3.05) is 25.0 Å². The van der Waals surface area contributed by atoms with Gasteiger partial charge < -0.3 is 19.5 Å². The molecule has 1 amide bonds. The van der Waals surface area contributed by atoms with Crippen molar-refractivity contribution in [2.24, 2.45) is 0 Å². The zero-order valence-corrected chi connectivity index (χ0v) is 15.6. The third kappa shape index (κ3) is 2.37. The van der Waals surface area contributed by atoms with Gasteiger partial charge in [-0.05, 0) is 39.7 Å². The SMILES string of the molecule is CN1c2cnc3[nH]ccc3c2C(=O)C12CCN(C(=O)OC(C)(C)C)CC2. The number of aromatic nitrogens is 2. The Morgan fingerprint density at radius 3 is 2.65 bits per heavy atom. The maximum Gasteiger partial charge on any atom is 0.410 e. The molecule has 2 aromatic heterocycles. The molecule has 1 spiro atoms. The second-order valence-corrected chi connectivity index (χ2v) is 8.15. The highest BCUT2D eigenvalue weighted by molar-refractivity contribution is 6.20. The number of anilines is 1. The number of aromatic amines is 1. The van der Waals surface area contributed by atoms with Gasteiger partial charge in [0, 0.05) is 31.7 Å². The largest absolute Gasteiger partial charge is 0.444 e. The van der Waals surface area contributed by atoms with E-state index in [0.29, 0.717) is 25.9 Å². The first-order valence-electron chi connectivity index (χ1n) is 8.96. The zero-order chi connectivity index (χ0) is 18.7. The average Bonchev–Trinajstić information content (AvgIpc) is 3.13. The minimum atomic E-state index is -0.603. The number of carbonyl (C=O) groups is 2. The van der Waals surface area contributed by atoms with Crippen molar-refractivity contribution >= 4 is 28.6 Å². The maximum atomic E-state index is 13.4. The number of hydrogen-bond acceptors (Lipinski definition) is 5. The number of H-pyrrole nitrogens is 1. The summed E-state index contributed by atoms with van der Waals surface area (Å²) in [5.41, 5.74) is 1.22. The van der Waals surface area contributed by atoms with Crippen LogP contribution in [0, 0.1) is 0 Å². The highest BCUT2D eigenvalue weighted by Crippen LogP contribution is 2.45. The van der Waals surface area contributed by atoms with Crippen molar-refractivity contribution in [1.82, 2.24) is 14.9 Å². The molecule has 0 saturated carbocycles. The van der Waals surface area contributed by atoms with Crippen LogP contribution in [-0.2, 0) is 4.74 Å². The number of ether oxygens (including phenoxy) is 1. The summed E-state index contributed by atoms with van der Waals surface area (Å²) in [6, 6.07) is 1.90. The zero-order valence-electron chi connectivity index (χ0n) is 15.6. The Morgan fingerprint density at radius 1 is 1.31 bits per heavy atom. The van der Waals surface area contributed by atoms with Gasteiger partial charge in [0.2, 0.25) is 0 Å². The van der Waals surface area contributed by atoms with Gasteiger partial charge in [-0.1, -0.05) is 0 Å². The van der Waals surface area contributed by atoms with Gasteiger partial charge in [-0.25, -0.2) is 9.78 Å². The topological polar surface area (TPSA) is 78.5 Å². The number of piperidine rings is 1. The van der Waals surface area contributed by atoms with Crippen molar-refractivity contribution in [1.29, 1.82) is 0 Å². The Morgan fingerprint density at radius 2 is 2.00 bits per heavy atom. The second kappa shape index (κ2) is 5.46. The van der Waals surface area contributed by atoms with Crippen LogP contribution < -0.4 is 4.90 Å². The Labute approximate surface area is 152 Å². The molecule has 4 heterocycles. The van der Waals surface area contributed by atoms with E-state index in [0.717, 1.165) is 22.3 Å². The van der Waals surface area contributed by atoms with Crippen molar-refractivity contribution in [2.45, 2.75) is 44.8 Å². The Bertz CT molecular complexity index is 888. The predicted molar refractivity (Wildman–Crippen MR) is 98.6 cm³/mol. The molecule has 0 radical (unpaired) electrons. The minimum absolute atomic E-state index is 0.130. The highest BCUT2D eigenvalue weighted by atomic mass is 16.6. The first-order valence-corrected chi connectivity index (χ1v) is 8.96. The summed E-state index contributed by atoms with van der Waals surface area (Å²) in [6.45, 7) is 6.58. The number of likely N-dealkylation sites (N-methyl/N-ethyl adjacent to an activating group) is 1. The van der Waals surface area contributed by atoms with Crippen LogP contribution in [0.2, 0.25) is 0 Å². The molecule has 26 heavy (non-hydrogen) atoms. The summed E-state index contributed by atoms with van der Waals surface area (Å²) >= 11 is 0. The molecule has 7 heteroatoms. The lowest BCUT2D eigenvalue weighted by Crippen LogP contribution is -2.57. The van der Waals surface area contributed by atoms with Gasteiger partial charge in [0.1, 0.15) is 16.8 Å². The molecule has 0 unspecified atom stereocenters. The van der Waals surface area contributed by atoms with Crippen LogP contribution in [0.4, 0.5) is 10.5 Å². The van der Waals surface area contributed by atoms with Crippen molar-refractivity contribution < 1.29 is 14.3 Å². The molecule has 0 aromatic carbocycles. The number of nitrogens with one attached hydrogen (secondary N) is 1. The molecule has 1 saturated heterocycles. The molecule has 0 bridgehead atoms. The third-order valence-electron chi connectivity index (χ3n) is 5.46. The normalized spacial score (nSPS) is 19.3. The number of rotatable bonds is 0. The molecule has 2 aliphatic rings. The quantitative estimate of drug-likeness (QED) is 0.785. The first kappa shape index (κ1) is 16.9. The fourth-order valence-corrected chi connectivity index (χ4v) is 4.05. The van der Waals surface area contributed by atoms with Crippen LogP contribution in [-0.4, -0.2) is 58.0 Å². The standard InChI is InChI=1S/C19H24N4O3/c1-18(2,3)26-17(25)23-9-6-19(7-10-23)15(24)14-12-5-8-20-16(12)21-11-13(14)22(19)4/h5,8,11H,6-7,9-10H2,1-4H3,(H,20,21). The lowest BCUT2D eigenvalue weighted by atomic mass is 9.82. The summed E-state index contributed by atoms with van der Waals surface area (Å²) in [5, 5.41) is 0.866. The van der Waals surface area contributed by atoms with E-state index < -0.39 is 11.1 Å². The highest BCUT2D eigenvalue weighted by Gasteiger charge is 2.52. The first-order chi connectivity index (χ1) is 12.2. The van der Waals surface area contributed by atoms with E-state index in [9.17, 15) is 9.59 Å². The van der Waals surface area contributed by atoms with Gasteiger partial charge in [0.05, 0.1) is 17.4 Å². The van der Waals surface area contributed by atoms with E-state index in [4.69, 9.17) is 4.74 Å². The van der Waals surface area contributed by atoms with Gasteiger partial charge in [-0.2, -0.15) is 0 Å². The summed E-state index contributed by atoms with van der Waals surface area (Å²) in [5.74, 6) is 0.130. The number of fused-ring (bicyclic) bond motifs is 3. The van der Waals surface area contributed by atoms with Crippen molar-refractivity contribution in [3.8, 4) is 0 Å². The fourth-order valence-electron chi connectivity index (χ4n) is 4.05. The number of amides is 1. The summed E-state index contributed by atoms with van der Waals surface area (Å²) in [6.07, 6.45) is 4.43. The minimum Gasteiger partial charge on any atom is -0.444 e. The molecule has 7 nitrogen and oxygen atoms in total. The summed E-state index contributed by atoms with van der Waals surface area (Å²) in [7, 11) is 1.95. The van der Waals surface area contributed by atoms with Crippen LogP contribution in [0.25, 0.3) is 11.0 Å². The smallest absolute Gasteiger partial charge is 0.410 e. The fraction of sp³-hybridized carbons (Fsp3) is 0.526. The molecule has 138 valence electrons. The summed E-state index contributed by atoms with van der Waals surface area (Å²) in [4.78, 5) is 37.0. The van der Waals surface area contributed by atoms with Gasteiger partial charge in [0.25, 0.3) is 0 Å². The molecule has 1 N–H and O–H groups in total. The van der Waals surface area contributed by atoms with E-state index >= 15 is 0 Å². The number of likely N-dealkylation sites (tertiary alicyclic amines) is 1. The van der Waals surface area contributed by atoms with Gasteiger partial charge >= 0.3 is 6.09 Å². The van der Waals surface area contributed by atoms with Crippen LogP contribution in [0.5, 0.6) is 0 Å². The number of ketones is 1. The number of hydrogen-bond donors (Lipinski definition) is 1. The van der Waals surface area contributed by atoms with Crippen molar-refractivity contribution in [3.05, 3.63) is 24.0 Å². The van der Waals surface area contributed by atoms with Crippen molar-refractivity contribution in [3.63, 3.8) is 0 Å². The molecule has 2 aliphatic heterocycles. The predicted octanol–water partition coefficient (Wildman–Crippen LogP) is 2.97. The van der Waals surface area contributed by atoms with Crippen LogP contribution in [0.1, 0.15) is 44.0 Å². The van der Waals surface area contributed by atoms with E-state index in [1.54, 1.807) is 17.3 Å². The number of carbonyl (C=O) groups excluding carboxylic acids is 2. The summed E-state index contributed by atoms with van der Waals surface area (Å²) < 4.78 is 5.47. The van der Waals surface area contributed by atoms with Gasteiger partial charge in [-0.3, -0.25) is 4.79 Å². The molecular formula is C19H24N4O3.